The Balaban J connectivity index is 2.08. The van der Waals surface area contributed by atoms with Crippen molar-refractivity contribution >= 4 is 50.5 Å². The third-order valence-electron chi connectivity index (χ3n) is 3.95. The van der Waals surface area contributed by atoms with Crippen molar-refractivity contribution in [2.45, 2.75) is 57.5 Å². The molecule has 4 heteroatoms. The highest BCUT2D eigenvalue weighted by Crippen LogP contribution is 2.68. The molecule has 4 saturated carbocycles. The molecular formula is C10H16S4. The van der Waals surface area contributed by atoms with Crippen LogP contribution in [-0.4, -0.2) is 19.0 Å². The van der Waals surface area contributed by atoms with Crippen LogP contribution in [0, 0.1) is 0 Å². The van der Waals surface area contributed by atoms with Gasteiger partial charge in [-0.1, -0.05) is 0 Å². The molecule has 14 heavy (non-hydrogen) atoms. The first-order chi connectivity index (χ1) is 6.24. The van der Waals surface area contributed by atoms with Crippen LogP contribution in [0.3, 0.4) is 0 Å². The number of rotatable bonds is 0. The van der Waals surface area contributed by atoms with Gasteiger partial charge < -0.3 is 0 Å². The monoisotopic (exact) mass is 264 g/mol. The highest BCUT2D eigenvalue weighted by molar-refractivity contribution is 7.85. The third-order valence-corrected chi connectivity index (χ3v) is 5.85. The zero-order chi connectivity index (χ0) is 10.2. The van der Waals surface area contributed by atoms with E-state index in [1.165, 1.54) is 0 Å². The molecule has 4 aliphatic carbocycles. The zero-order valence-electron chi connectivity index (χ0n) is 8.03. The van der Waals surface area contributed by atoms with Crippen molar-refractivity contribution in [1.29, 1.82) is 0 Å². The second-order valence-corrected chi connectivity index (χ2v) is 9.75. The van der Waals surface area contributed by atoms with Crippen molar-refractivity contribution in [2.24, 2.45) is 0 Å². The number of thiol groups is 4. The van der Waals surface area contributed by atoms with Gasteiger partial charge in [-0.25, -0.2) is 0 Å². The summed E-state index contributed by atoms with van der Waals surface area (Å²) in [5, 5.41) is 0. The van der Waals surface area contributed by atoms with Gasteiger partial charge >= 0.3 is 0 Å². The second kappa shape index (κ2) is 2.62. The van der Waals surface area contributed by atoms with E-state index in [1.807, 2.05) is 0 Å². The van der Waals surface area contributed by atoms with Gasteiger partial charge in [0.1, 0.15) is 0 Å². The SMILES string of the molecule is SC12CC3(S)CC(S)(C1)CC(S)(C2)C3. The zero-order valence-corrected chi connectivity index (χ0v) is 11.6. The van der Waals surface area contributed by atoms with Gasteiger partial charge in [-0.3, -0.25) is 0 Å². The second-order valence-electron chi connectivity index (χ2n) is 5.96. The molecule has 0 radical (unpaired) electrons. The summed E-state index contributed by atoms with van der Waals surface area (Å²) < 4.78 is 0.611. The molecule has 80 valence electrons. The summed E-state index contributed by atoms with van der Waals surface area (Å²) in [6.45, 7) is 0. The van der Waals surface area contributed by atoms with E-state index < -0.39 is 0 Å². The Kier molecular flexibility index (Phi) is 1.98. The molecule has 4 aliphatic rings. The lowest BCUT2D eigenvalue weighted by Crippen LogP contribution is -2.65. The summed E-state index contributed by atoms with van der Waals surface area (Å²) in [6, 6.07) is 0. The Morgan fingerprint density at radius 1 is 0.429 bits per heavy atom. The predicted octanol–water partition coefficient (Wildman–Crippen LogP) is 3.04. The molecular weight excluding hydrogens is 248 g/mol. The van der Waals surface area contributed by atoms with Gasteiger partial charge in [0.25, 0.3) is 0 Å². The van der Waals surface area contributed by atoms with E-state index in [1.54, 1.807) is 0 Å². The molecule has 0 spiro atoms. The molecule has 0 aromatic rings. The Hall–Kier alpha value is 1.40. The molecule has 0 saturated heterocycles. The van der Waals surface area contributed by atoms with Crippen molar-refractivity contribution in [3.8, 4) is 0 Å². The molecule has 0 heterocycles. The van der Waals surface area contributed by atoms with E-state index in [2.05, 4.69) is 0 Å². The van der Waals surface area contributed by atoms with Crippen molar-refractivity contribution in [3.05, 3.63) is 0 Å². The summed E-state index contributed by atoms with van der Waals surface area (Å²) in [5.74, 6) is 0. The topological polar surface area (TPSA) is 0 Å². The molecule has 0 N–H and O–H groups in total. The van der Waals surface area contributed by atoms with Crippen LogP contribution in [0.15, 0.2) is 0 Å². The quantitative estimate of drug-likeness (QED) is 0.475. The Bertz CT molecular complexity index is 205. The van der Waals surface area contributed by atoms with E-state index in [9.17, 15) is 0 Å². The first-order valence-corrected chi connectivity index (χ1v) is 6.93. The Morgan fingerprint density at radius 3 is 0.714 bits per heavy atom. The molecule has 0 nitrogen and oxygen atoms in total. The molecule has 0 unspecified atom stereocenters. The van der Waals surface area contributed by atoms with Crippen molar-refractivity contribution < 1.29 is 0 Å². The summed E-state index contributed by atoms with van der Waals surface area (Å²) in [7, 11) is 0. The molecule has 0 aromatic carbocycles. The Morgan fingerprint density at radius 2 is 0.571 bits per heavy atom. The normalized spacial score (nSPS) is 66.0. The lowest BCUT2D eigenvalue weighted by atomic mass is 9.54. The van der Waals surface area contributed by atoms with Gasteiger partial charge in [-0.15, -0.1) is 0 Å². The minimum atomic E-state index is 0.153. The molecule has 4 fully saturated rings. The van der Waals surface area contributed by atoms with E-state index in [-0.39, 0.29) is 19.0 Å². The summed E-state index contributed by atoms with van der Waals surface area (Å²) in [4.78, 5) is 0. The molecule has 0 amide bonds. The summed E-state index contributed by atoms with van der Waals surface area (Å²) in [5.41, 5.74) is 0. The van der Waals surface area contributed by atoms with Crippen LogP contribution in [-0.2, 0) is 0 Å². The summed E-state index contributed by atoms with van der Waals surface area (Å²) >= 11 is 19.5. The number of hydrogen-bond donors (Lipinski definition) is 4. The minimum absolute atomic E-state index is 0.153. The van der Waals surface area contributed by atoms with Gasteiger partial charge in [-0.05, 0) is 38.5 Å². The average Bonchev–Trinajstić information content (AvgIpc) is 1.67. The van der Waals surface area contributed by atoms with Crippen molar-refractivity contribution in [1.82, 2.24) is 0 Å². The van der Waals surface area contributed by atoms with Crippen LogP contribution in [0.2, 0.25) is 0 Å². The van der Waals surface area contributed by atoms with Gasteiger partial charge in [0.2, 0.25) is 0 Å². The standard InChI is InChI=1S/C10H16S4/c11-7-1-8(12)4-9(13,2-7)6-10(14,3-7)5-8/h11-14H,1-6H2. The maximum absolute atomic E-state index is 4.87. The number of hydrogen-bond acceptors (Lipinski definition) is 4. The molecule has 4 bridgehead atoms. The van der Waals surface area contributed by atoms with Crippen LogP contribution in [0.5, 0.6) is 0 Å². The van der Waals surface area contributed by atoms with Crippen LogP contribution >= 0.6 is 50.5 Å². The van der Waals surface area contributed by atoms with Crippen LogP contribution in [0.4, 0.5) is 0 Å². The molecule has 0 atom stereocenters. The molecule has 0 aromatic heterocycles. The van der Waals surface area contributed by atoms with Gasteiger partial charge in [0, 0.05) is 19.0 Å². The van der Waals surface area contributed by atoms with Crippen LogP contribution < -0.4 is 0 Å². The van der Waals surface area contributed by atoms with Crippen LogP contribution in [0.1, 0.15) is 38.5 Å². The fraction of sp³-hybridized carbons (Fsp3) is 1.00. The van der Waals surface area contributed by atoms with Gasteiger partial charge in [-0.2, -0.15) is 50.5 Å². The summed E-state index contributed by atoms with van der Waals surface area (Å²) in [6.07, 6.45) is 6.81. The van der Waals surface area contributed by atoms with Gasteiger partial charge in [0.05, 0.1) is 0 Å². The lowest BCUT2D eigenvalue weighted by molar-refractivity contribution is 0.102. The van der Waals surface area contributed by atoms with E-state index in [0.29, 0.717) is 0 Å². The molecule has 0 aliphatic heterocycles. The third kappa shape index (κ3) is 1.47. The smallest absolute Gasteiger partial charge is 0.0169 e. The van der Waals surface area contributed by atoms with E-state index in [4.69, 9.17) is 50.5 Å². The maximum atomic E-state index is 4.87. The van der Waals surface area contributed by atoms with Crippen LogP contribution in [0.25, 0.3) is 0 Å². The largest absolute Gasteiger partial charge is 0.172 e. The van der Waals surface area contributed by atoms with Crippen molar-refractivity contribution in [2.75, 3.05) is 0 Å². The van der Waals surface area contributed by atoms with Gasteiger partial charge in [0.15, 0.2) is 0 Å². The highest BCUT2D eigenvalue weighted by atomic mass is 32.1. The van der Waals surface area contributed by atoms with E-state index in [0.717, 1.165) is 38.5 Å². The first kappa shape index (κ1) is 10.5. The predicted molar refractivity (Wildman–Crippen MR) is 74.6 cm³/mol. The Labute approximate surface area is 108 Å². The average molecular weight is 265 g/mol. The first-order valence-electron chi connectivity index (χ1n) is 5.14. The van der Waals surface area contributed by atoms with E-state index >= 15 is 0 Å². The van der Waals surface area contributed by atoms with Crippen molar-refractivity contribution in [3.63, 3.8) is 0 Å². The molecule has 4 rings (SSSR count). The maximum Gasteiger partial charge on any atom is 0.0169 e. The highest BCUT2D eigenvalue weighted by Gasteiger charge is 2.64. The minimum Gasteiger partial charge on any atom is -0.172 e. The fourth-order valence-electron chi connectivity index (χ4n) is 4.43. The lowest BCUT2D eigenvalue weighted by Gasteiger charge is -2.66. The fourth-order valence-corrected chi connectivity index (χ4v) is 8.81.